The van der Waals surface area contributed by atoms with Crippen LogP contribution in [0.2, 0.25) is 0 Å². The van der Waals surface area contributed by atoms with E-state index < -0.39 is 0 Å². The predicted molar refractivity (Wildman–Crippen MR) is 117 cm³/mol. The molecule has 0 spiro atoms. The van der Waals surface area contributed by atoms with E-state index in [0.717, 1.165) is 20.7 Å². The summed E-state index contributed by atoms with van der Waals surface area (Å²) in [7, 11) is 0. The summed E-state index contributed by atoms with van der Waals surface area (Å²) in [6.07, 6.45) is 0.469. The van der Waals surface area contributed by atoms with Crippen molar-refractivity contribution in [1.29, 1.82) is 0 Å². The van der Waals surface area contributed by atoms with E-state index in [9.17, 15) is 9.59 Å². The van der Waals surface area contributed by atoms with E-state index in [2.05, 4.69) is 26.6 Å². The molecule has 1 unspecified atom stereocenters. The Bertz CT molecular complexity index is 783. The fourth-order valence-electron chi connectivity index (χ4n) is 2.34. The van der Waals surface area contributed by atoms with Gasteiger partial charge in [-0.2, -0.15) is 0 Å². The van der Waals surface area contributed by atoms with Crippen molar-refractivity contribution >= 4 is 50.9 Å². The minimum absolute atomic E-state index is 0.00477. The molecule has 2 aromatic carbocycles. The van der Waals surface area contributed by atoms with Crippen molar-refractivity contribution in [3.8, 4) is 0 Å². The van der Waals surface area contributed by atoms with Gasteiger partial charge in [-0.25, -0.2) is 0 Å². The number of thioether (sulfide) groups is 1. The zero-order valence-electron chi connectivity index (χ0n) is 16.0. The summed E-state index contributed by atoms with van der Waals surface area (Å²) < 4.78 is 0.970. The molecule has 0 radical (unpaired) electrons. The molecule has 0 aliphatic carbocycles. The number of amides is 2. The first-order valence-electron chi connectivity index (χ1n) is 8.75. The van der Waals surface area contributed by atoms with E-state index in [0.29, 0.717) is 6.42 Å². The molecular formula is C21H25BrN2O2S. The molecule has 2 aromatic rings. The van der Waals surface area contributed by atoms with Gasteiger partial charge < -0.3 is 10.6 Å². The fraction of sp³-hybridized carbons (Fsp3) is 0.333. The second-order valence-corrected chi connectivity index (χ2v) is 9.90. The number of hydrogen-bond donors (Lipinski definition) is 2. The Labute approximate surface area is 173 Å². The molecular weight excluding hydrogens is 424 g/mol. The first-order chi connectivity index (χ1) is 12.6. The van der Waals surface area contributed by atoms with Crippen LogP contribution in [0.3, 0.4) is 0 Å². The van der Waals surface area contributed by atoms with Gasteiger partial charge in [0.05, 0.1) is 5.25 Å². The Morgan fingerprint density at radius 1 is 0.963 bits per heavy atom. The minimum atomic E-state index is -0.241. The van der Waals surface area contributed by atoms with Crippen LogP contribution < -0.4 is 10.6 Å². The van der Waals surface area contributed by atoms with Gasteiger partial charge in [0.1, 0.15) is 0 Å². The molecule has 0 bridgehead atoms. The second-order valence-electron chi connectivity index (χ2n) is 7.57. The van der Waals surface area contributed by atoms with Crippen molar-refractivity contribution in [2.75, 3.05) is 10.6 Å². The topological polar surface area (TPSA) is 58.2 Å². The highest BCUT2D eigenvalue weighted by Crippen LogP contribution is 2.26. The minimum Gasteiger partial charge on any atom is -0.326 e. The summed E-state index contributed by atoms with van der Waals surface area (Å²) >= 11 is 4.85. The lowest BCUT2D eigenvalue weighted by atomic mass is 9.92. The quantitative estimate of drug-likeness (QED) is 0.537. The van der Waals surface area contributed by atoms with Crippen molar-refractivity contribution in [1.82, 2.24) is 0 Å². The Morgan fingerprint density at radius 2 is 1.48 bits per heavy atom. The fourth-order valence-corrected chi connectivity index (χ4v) is 3.47. The Balaban J connectivity index is 1.88. The molecule has 144 valence electrons. The normalized spacial score (nSPS) is 12.3. The van der Waals surface area contributed by atoms with Crippen molar-refractivity contribution in [2.45, 2.75) is 44.3 Å². The molecule has 0 fully saturated rings. The van der Waals surface area contributed by atoms with Gasteiger partial charge in [0.15, 0.2) is 0 Å². The Hall–Kier alpha value is -1.79. The zero-order valence-corrected chi connectivity index (χ0v) is 18.4. The third-order valence-corrected chi connectivity index (χ3v) is 5.26. The van der Waals surface area contributed by atoms with Gasteiger partial charge >= 0.3 is 0 Å². The first kappa shape index (κ1) is 21.5. The number of hydrogen-bond acceptors (Lipinski definition) is 3. The average Bonchev–Trinajstić information content (AvgIpc) is 2.57. The van der Waals surface area contributed by atoms with Gasteiger partial charge in [-0.05, 0) is 60.9 Å². The summed E-state index contributed by atoms with van der Waals surface area (Å²) in [6, 6.07) is 15.1. The third kappa shape index (κ3) is 7.77. The molecule has 1 atom stereocenters. The number of carbonyl (C=O) groups excluding carboxylic acids is 2. The lowest BCUT2D eigenvalue weighted by Gasteiger charge is -2.17. The maximum absolute atomic E-state index is 12.3. The summed E-state index contributed by atoms with van der Waals surface area (Å²) in [6.45, 7) is 7.98. The maximum atomic E-state index is 12.3. The molecule has 0 aliphatic heterocycles. The SMILES string of the molecule is CC(Sc1ccc(NC(=O)CC(C)(C)C)cc1)C(=O)Nc1ccc(Br)cc1. The van der Waals surface area contributed by atoms with Crippen LogP contribution in [-0.2, 0) is 9.59 Å². The molecule has 6 heteroatoms. The summed E-state index contributed by atoms with van der Waals surface area (Å²) in [5, 5.41) is 5.58. The molecule has 0 aromatic heterocycles. The highest BCUT2D eigenvalue weighted by Gasteiger charge is 2.17. The summed E-state index contributed by atoms with van der Waals surface area (Å²) in [4.78, 5) is 25.3. The number of nitrogens with one attached hydrogen (secondary N) is 2. The smallest absolute Gasteiger partial charge is 0.237 e. The van der Waals surface area contributed by atoms with Crippen LogP contribution in [0.15, 0.2) is 57.9 Å². The van der Waals surface area contributed by atoms with Crippen LogP contribution in [0, 0.1) is 5.41 Å². The molecule has 2 amide bonds. The first-order valence-corrected chi connectivity index (χ1v) is 10.4. The van der Waals surface area contributed by atoms with Gasteiger partial charge in [0, 0.05) is 27.2 Å². The van der Waals surface area contributed by atoms with Crippen LogP contribution in [0.25, 0.3) is 0 Å². The molecule has 27 heavy (non-hydrogen) atoms. The Kier molecular flexibility index (Phi) is 7.50. The largest absolute Gasteiger partial charge is 0.326 e. The molecule has 0 saturated heterocycles. The van der Waals surface area contributed by atoms with Gasteiger partial charge in [-0.1, -0.05) is 36.7 Å². The molecule has 0 aliphatic rings. The summed E-state index contributed by atoms with van der Waals surface area (Å²) in [5.41, 5.74) is 1.49. The highest BCUT2D eigenvalue weighted by atomic mass is 79.9. The van der Waals surface area contributed by atoms with Crippen LogP contribution in [0.5, 0.6) is 0 Å². The number of halogens is 1. The monoisotopic (exact) mass is 448 g/mol. The standard InChI is InChI=1S/C21H25BrN2O2S/c1-14(20(26)24-17-7-5-15(22)6-8-17)27-18-11-9-16(10-12-18)23-19(25)13-21(2,3)4/h5-12,14H,13H2,1-4H3,(H,23,25)(H,24,26). The lowest BCUT2D eigenvalue weighted by molar-refractivity contribution is -0.118. The van der Waals surface area contributed by atoms with E-state index in [1.807, 2.05) is 76.2 Å². The number of benzene rings is 2. The van der Waals surface area contributed by atoms with Gasteiger partial charge in [0.25, 0.3) is 0 Å². The van der Waals surface area contributed by atoms with Crippen LogP contribution in [-0.4, -0.2) is 17.1 Å². The van der Waals surface area contributed by atoms with E-state index in [1.54, 1.807) is 0 Å². The second kappa shape index (κ2) is 9.42. The molecule has 4 nitrogen and oxygen atoms in total. The van der Waals surface area contributed by atoms with E-state index in [1.165, 1.54) is 11.8 Å². The van der Waals surface area contributed by atoms with Crippen LogP contribution >= 0.6 is 27.7 Å². The van der Waals surface area contributed by atoms with E-state index >= 15 is 0 Å². The van der Waals surface area contributed by atoms with Crippen molar-refractivity contribution < 1.29 is 9.59 Å². The number of anilines is 2. The van der Waals surface area contributed by atoms with Crippen molar-refractivity contribution in [2.24, 2.45) is 5.41 Å². The summed E-state index contributed by atoms with van der Waals surface area (Å²) in [5.74, 6) is -0.0463. The van der Waals surface area contributed by atoms with E-state index in [-0.39, 0.29) is 22.5 Å². The number of rotatable bonds is 6. The van der Waals surface area contributed by atoms with Gasteiger partial charge in [-0.15, -0.1) is 11.8 Å². The van der Waals surface area contributed by atoms with E-state index in [4.69, 9.17) is 0 Å². The number of carbonyl (C=O) groups is 2. The third-order valence-electron chi connectivity index (χ3n) is 3.62. The Morgan fingerprint density at radius 3 is 2.04 bits per heavy atom. The molecule has 0 heterocycles. The predicted octanol–water partition coefficient (Wildman–Crippen LogP) is 5.94. The molecule has 0 saturated carbocycles. The van der Waals surface area contributed by atoms with Crippen molar-refractivity contribution in [3.63, 3.8) is 0 Å². The molecule has 2 N–H and O–H groups in total. The molecule has 2 rings (SSSR count). The maximum Gasteiger partial charge on any atom is 0.237 e. The van der Waals surface area contributed by atoms with Crippen LogP contribution in [0.1, 0.15) is 34.1 Å². The lowest BCUT2D eigenvalue weighted by Crippen LogP contribution is -2.22. The van der Waals surface area contributed by atoms with Crippen LogP contribution in [0.4, 0.5) is 11.4 Å². The van der Waals surface area contributed by atoms with Gasteiger partial charge in [-0.3, -0.25) is 9.59 Å². The highest BCUT2D eigenvalue weighted by molar-refractivity contribution is 9.10. The van der Waals surface area contributed by atoms with Gasteiger partial charge in [0.2, 0.25) is 11.8 Å². The van der Waals surface area contributed by atoms with Crippen molar-refractivity contribution in [3.05, 3.63) is 53.0 Å². The average molecular weight is 449 g/mol. The zero-order chi connectivity index (χ0) is 20.0.